The molecule has 3 rings (SSSR count). The van der Waals surface area contributed by atoms with E-state index in [1.807, 2.05) is 29.3 Å². The molecule has 1 saturated heterocycles. The number of urea groups is 1. The van der Waals surface area contributed by atoms with Gasteiger partial charge in [0.05, 0.1) is 18.0 Å². The van der Waals surface area contributed by atoms with Crippen molar-refractivity contribution in [2.45, 2.75) is 31.2 Å². The molecule has 1 aliphatic rings. The summed E-state index contributed by atoms with van der Waals surface area (Å²) in [6.07, 6.45) is 1.75. The molecule has 1 aromatic carbocycles. The molecular weight excluding hydrogens is 436 g/mol. The van der Waals surface area contributed by atoms with E-state index < -0.39 is 16.1 Å². The minimum atomic E-state index is -3.56. The number of carbonyl (C=O) groups is 2. The number of sulfonamides is 1. The third kappa shape index (κ3) is 7.42. The third-order valence-corrected chi connectivity index (χ3v) is 7.44. The molecule has 168 valence electrons. The Morgan fingerprint density at radius 1 is 1.19 bits per heavy atom. The number of aryl methyl sites for hydroxylation is 1. The smallest absolute Gasteiger partial charge is 0.321 e. The predicted molar refractivity (Wildman–Crippen MR) is 120 cm³/mol. The zero-order valence-corrected chi connectivity index (χ0v) is 19.1. The topological polar surface area (TPSA) is 108 Å². The lowest BCUT2D eigenvalue weighted by atomic mass is 9.98. The zero-order valence-electron chi connectivity index (χ0n) is 17.5. The van der Waals surface area contributed by atoms with Crippen molar-refractivity contribution in [1.29, 1.82) is 0 Å². The number of hydrogen-bond donors (Lipinski definition) is 3. The maximum absolute atomic E-state index is 12.5. The molecule has 0 spiro atoms. The Morgan fingerprint density at radius 2 is 1.97 bits per heavy atom. The summed E-state index contributed by atoms with van der Waals surface area (Å²) in [6, 6.07) is 10.0. The summed E-state index contributed by atoms with van der Waals surface area (Å²) in [5, 5.41) is 6.94. The Labute approximate surface area is 187 Å². The summed E-state index contributed by atoms with van der Waals surface area (Å²) in [4.78, 5) is 27.3. The van der Waals surface area contributed by atoms with Gasteiger partial charge in [0, 0.05) is 18.0 Å². The van der Waals surface area contributed by atoms with Crippen molar-refractivity contribution in [3.05, 3.63) is 52.2 Å². The molecule has 0 bridgehead atoms. The number of carbonyl (C=O) groups excluding carboxylic acids is 2. The first-order chi connectivity index (χ1) is 14.8. The second-order valence-corrected chi connectivity index (χ2v) is 10.5. The lowest BCUT2D eigenvalue weighted by Crippen LogP contribution is -2.47. The van der Waals surface area contributed by atoms with Crippen molar-refractivity contribution >= 4 is 33.3 Å². The van der Waals surface area contributed by atoms with Gasteiger partial charge < -0.3 is 5.32 Å². The molecule has 3 amide bonds. The Hall–Kier alpha value is -2.27. The van der Waals surface area contributed by atoms with Gasteiger partial charge in [0.15, 0.2) is 0 Å². The highest BCUT2D eigenvalue weighted by atomic mass is 32.2. The van der Waals surface area contributed by atoms with Crippen molar-refractivity contribution in [2.24, 2.45) is 5.92 Å². The summed E-state index contributed by atoms with van der Waals surface area (Å²) in [7, 11) is -3.56. The lowest BCUT2D eigenvalue weighted by Gasteiger charge is -2.32. The fraction of sp³-hybridized carbons (Fsp3) is 0.429. The van der Waals surface area contributed by atoms with E-state index in [0.717, 1.165) is 29.8 Å². The van der Waals surface area contributed by atoms with Crippen molar-refractivity contribution < 1.29 is 18.0 Å². The molecule has 10 heteroatoms. The quantitative estimate of drug-likeness (QED) is 0.554. The fourth-order valence-corrected chi connectivity index (χ4v) is 5.24. The van der Waals surface area contributed by atoms with Crippen molar-refractivity contribution in [3.63, 3.8) is 0 Å². The maximum atomic E-state index is 12.5. The Balaban J connectivity index is 1.41. The average molecular weight is 465 g/mol. The number of nitrogens with one attached hydrogen (secondary N) is 3. The summed E-state index contributed by atoms with van der Waals surface area (Å²) >= 11 is 1.53. The van der Waals surface area contributed by atoms with Gasteiger partial charge in [-0.05, 0) is 55.8 Å². The van der Waals surface area contributed by atoms with Crippen LogP contribution in [0, 0.1) is 12.8 Å². The van der Waals surface area contributed by atoms with Crippen LogP contribution in [0.15, 0.2) is 46.7 Å². The number of amides is 3. The van der Waals surface area contributed by atoms with Crippen LogP contribution in [-0.4, -0.2) is 51.4 Å². The van der Waals surface area contributed by atoms with E-state index in [0.29, 0.717) is 19.6 Å². The zero-order chi connectivity index (χ0) is 22.3. The van der Waals surface area contributed by atoms with Crippen LogP contribution >= 0.6 is 11.3 Å². The van der Waals surface area contributed by atoms with E-state index in [1.54, 1.807) is 24.3 Å². The molecule has 1 aromatic heterocycles. The van der Waals surface area contributed by atoms with Gasteiger partial charge in [0.1, 0.15) is 0 Å². The SMILES string of the molecule is Cc1ccc(S(=O)(=O)NCC2CCCN(CC(=O)NC(=O)NCc3cccs3)C2)cc1. The highest BCUT2D eigenvalue weighted by molar-refractivity contribution is 7.89. The highest BCUT2D eigenvalue weighted by Gasteiger charge is 2.24. The molecule has 1 unspecified atom stereocenters. The molecular formula is C21H28N4O4S2. The van der Waals surface area contributed by atoms with Crippen molar-refractivity contribution in [3.8, 4) is 0 Å². The van der Waals surface area contributed by atoms with Gasteiger partial charge in [0.2, 0.25) is 15.9 Å². The lowest BCUT2D eigenvalue weighted by molar-refractivity contribution is -0.121. The van der Waals surface area contributed by atoms with E-state index >= 15 is 0 Å². The van der Waals surface area contributed by atoms with Gasteiger partial charge in [0.25, 0.3) is 0 Å². The van der Waals surface area contributed by atoms with E-state index in [1.165, 1.54) is 11.3 Å². The summed E-state index contributed by atoms with van der Waals surface area (Å²) in [5.41, 5.74) is 1.00. The van der Waals surface area contributed by atoms with Crippen molar-refractivity contribution in [2.75, 3.05) is 26.2 Å². The van der Waals surface area contributed by atoms with Crippen molar-refractivity contribution in [1.82, 2.24) is 20.3 Å². The van der Waals surface area contributed by atoms with Crippen LogP contribution < -0.4 is 15.4 Å². The van der Waals surface area contributed by atoms with Gasteiger partial charge in [-0.2, -0.15) is 0 Å². The van der Waals surface area contributed by atoms with E-state index in [2.05, 4.69) is 15.4 Å². The van der Waals surface area contributed by atoms with Gasteiger partial charge in [-0.1, -0.05) is 23.8 Å². The molecule has 1 atom stereocenters. The number of imide groups is 1. The standard InChI is InChI=1S/C21H28N4O4S2/c1-16-6-8-19(9-7-16)31(28,29)23-12-17-4-2-10-25(14-17)15-20(26)24-21(27)22-13-18-5-3-11-30-18/h3,5-9,11,17,23H,2,4,10,12-15H2,1H3,(H2,22,24,26,27). The number of likely N-dealkylation sites (tertiary alicyclic amines) is 1. The van der Waals surface area contributed by atoms with Gasteiger partial charge in [-0.25, -0.2) is 17.9 Å². The molecule has 0 aliphatic carbocycles. The largest absolute Gasteiger partial charge is 0.333 e. The Bertz CT molecular complexity index is 975. The highest BCUT2D eigenvalue weighted by Crippen LogP contribution is 2.17. The fourth-order valence-electron chi connectivity index (χ4n) is 3.48. The third-order valence-electron chi connectivity index (χ3n) is 5.12. The molecule has 8 nitrogen and oxygen atoms in total. The second-order valence-electron chi connectivity index (χ2n) is 7.72. The number of thiophene rings is 1. The minimum Gasteiger partial charge on any atom is -0.333 e. The normalized spacial score (nSPS) is 17.3. The van der Waals surface area contributed by atoms with Gasteiger partial charge >= 0.3 is 6.03 Å². The van der Waals surface area contributed by atoms with Crippen LogP contribution in [0.1, 0.15) is 23.3 Å². The van der Waals surface area contributed by atoms with E-state index in [9.17, 15) is 18.0 Å². The summed E-state index contributed by atoms with van der Waals surface area (Å²) in [5.74, 6) is -0.265. The van der Waals surface area contributed by atoms with E-state index in [4.69, 9.17) is 0 Å². The van der Waals surface area contributed by atoms with Crippen LogP contribution in [0.4, 0.5) is 4.79 Å². The first kappa shape index (κ1) is 23.4. The molecule has 2 aromatic rings. The molecule has 3 N–H and O–H groups in total. The molecule has 1 aliphatic heterocycles. The maximum Gasteiger partial charge on any atom is 0.321 e. The van der Waals surface area contributed by atoms with Crippen LogP contribution in [0.3, 0.4) is 0 Å². The number of rotatable bonds is 8. The Morgan fingerprint density at radius 3 is 2.68 bits per heavy atom. The molecule has 0 saturated carbocycles. The van der Waals surface area contributed by atoms with Gasteiger partial charge in [-0.15, -0.1) is 11.3 Å². The monoisotopic (exact) mass is 464 g/mol. The molecule has 2 heterocycles. The molecule has 31 heavy (non-hydrogen) atoms. The van der Waals surface area contributed by atoms with Crippen LogP contribution in [-0.2, 0) is 21.4 Å². The van der Waals surface area contributed by atoms with Crippen LogP contribution in [0.25, 0.3) is 0 Å². The number of benzene rings is 1. The number of hydrogen-bond acceptors (Lipinski definition) is 6. The van der Waals surface area contributed by atoms with Crippen LogP contribution in [0.2, 0.25) is 0 Å². The summed E-state index contributed by atoms with van der Waals surface area (Å²) in [6.45, 7) is 4.04. The van der Waals surface area contributed by atoms with Crippen LogP contribution in [0.5, 0.6) is 0 Å². The average Bonchev–Trinajstić information content (AvgIpc) is 3.25. The van der Waals surface area contributed by atoms with E-state index in [-0.39, 0.29) is 23.3 Å². The minimum absolute atomic E-state index is 0.105. The predicted octanol–water partition coefficient (Wildman–Crippen LogP) is 2.07. The summed E-state index contributed by atoms with van der Waals surface area (Å²) < 4.78 is 27.6. The first-order valence-corrected chi connectivity index (χ1v) is 12.6. The molecule has 0 radical (unpaired) electrons. The second kappa shape index (κ2) is 10.9. The number of piperidine rings is 1. The number of nitrogens with zero attached hydrogens (tertiary/aromatic N) is 1. The molecule has 1 fully saturated rings. The first-order valence-electron chi connectivity index (χ1n) is 10.2. The Kier molecular flexibility index (Phi) is 8.19. The van der Waals surface area contributed by atoms with Gasteiger partial charge in [-0.3, -0.25) is 15.0 Å².